The molecule has 0 fully saturated rings. The first kappa shape index (κ1) is 22.2. The van der Waals surface area contributed by atoms with E-state index in [-0.39, 0.29) is 5.88 Å². The molecule has 4 rings (SSSR count). The lowest BCUT2D eigenvalue weighted by molar-refractivity contribution is 0.142. The number of aryl methyl sites for hydroxylation is 3. The summed E-state index contributed by atoms with van der Waals surface area (Å²) >= 11 is 0. The Balaban J connectivity index is 1.62. The number of benzene rings is 3. The Morgan fingerprint density at radius 1 is 1.00 bits per heavy atom. The van der Waals surface area contributed by atoms with Crippen molar-refractivity contribution in [3.8, 4) is 22.8 Å². The van der Waals surface area contributed by atoms with Crippen molar-refractivity contribution >= 4 is 23.1 Å². The number of aromatic nitrogens is 1. The van der Waals surface area contributed by atoms with E-state index in [9.17, 15) is 9.90 Å². The van der Waals surface area contributed by atoms with Gasteiger partial charge in [0.2, 0.25) is 5.88 Å². The van der Waals surface area contributed by atoms with E-state index in [1.165, 1.54) is 0 Å². The van der Waals surface area contributed by atoms with Crippen LogP contribution in [0, 0.1) is 13.8 Å². The molecular weight excluding hydrogens is 414 g/mol. The first-order valence-electron chi connectivity index (χ1n) is 10.9. The van der Waals surface area contributed by atoms with Crippen LogP contribution in [0.4, 0.5) is 4.79 Å². The number of carboxylic acid groups (broad SMARTS) is 1. The highest BCUT2D eigenvalue weighted by Gasteiger charge is 2.18. The number of aromatic amines is 1. The molecule has 0 aliphatic rings. The zero-order chi connectivity index (χ0) is 23.4. The SMILES string of the molecule is C=Cc1c(C)cccc1OCCCc1c(OC(=O)O)[nH]c2c(-c3ccccc3C)cccc12. The molecule has 0 bridgehead atoms. The Morgan fingerprint density at radius 3 is 2.48 bits per heavy atom. The van der Waals surface area contributed by atoms with Gasteiger partial charge in [-0.3, -0.25) is 0 Å². The van der Waals surface area contributed by atoms with Crippen molar-refractivity contribution in [1.29, 1.82) is 0 Å². The second kappa shape index (κ2) is 9.65. The number of H-pyrrole nitrogens is 1. The molecule has 5 heteroatoms. The van der Waals surface area contributed by atoms with Crippen LogP contribution in [0.15, 0.2) is 67.2 Å². The number of carbonyl (C=O) groups is 1. The van der Waals surface area contributed by atoms with Gasteiger partial charge < -0.3 is 19.6 Å². The third kappa shape index (κ3) is 4.62. The molecule has 5 nitrogen and oxygen atoms in total. The molecule has 1 aromatic heterocycles. The highest BCUT2D eigenvalue weighted by Crippen LogP contribution is 2.36. The van der Waals surface area contributed by atoms with Crippen molar-refractivity contribution in [2.45, 2.75) is 26.7 Å². The van der Waals surface area contributed by atoms with E-state index >= 15 is 0 Å². The lowest BCUT2D eigenvalue weighted by atomic mass is 9.97. The van der Waals surface area contributed by atoms with E-state index in [1.54, 1.807) is 6.08 Å². The number of hydrogen-bond acceptors (Lipinski definition) is 3. The van der Waals surface area contributed by atoms with Crippen LogP contribution in [-0.2, 0) is 6.42 Å². The van der Waals surface area contributed by atoms with E-state index in [1.807, 2.05) is 55.5 Å². The summed E-state index contributed by atoms with van der Waals surface area (Å²) in [6.07, 6.45) is 1.76. The summed E-state index contributed by atoms with van der Waals surface area (Å²) < 4.78 is 11.1. The Morgan fingerprint density at radius 2 is 1.73 bits per heavy atom. The number of rotatable bonds is 8. The summed E-state index contributed by atoms with van der Waals surface area (Å²) in [5, 5.41) is 10.2. The van der Waals surface area contributed by atoms with Gasteiger partial charge in [-0.05, 0) is 49.4 Å². The molecule has 0 aliphatic carbocycles. The molecule has 3 aromatic carbocycles. The van der Waals surface area contributed by atoms with Crippen LogP contribution in [0.25, 0.3) is 28.1 Å². The van der Waals surface area contributed by atoms with Crippen LogP contribution in [0.3, 0.4) is 0 Å². The fourth-order valence-corrected chi connectivity index (χ4v) is 4.24. The highest BCUT2D eigenvalue weighted by molar-refractivity contribution is 5.98. The molecule has 168 valence electrons. The number of para-hydroxylation sites is 1. The predicted molar refractivity (Wildman–Crippen MR) is 132 cm³/mol. The zero-order valence-electron chi connectivity index (χ0n) is 18.9. The Hall–Kier alpha value is -3.99. The van der Waals surface area contributed by atoms with Crippen molar-refractivity contribution in [2.24, 2.45) is 0 Å². The van der Waals surface area contributed by atoms with Crippen LogP contribution >= 0.6 is 0 Å². The maximum Gasteiger partial charge on any atom is 0.512 e. The van der Waals surface area contributed by atoms with E-state index in [0.717, 1.165) is 50.0 Å². The van der Waals surface area contributed by atoms with Crippen molar-refractivity contribution < 1.29 is 19.4 Å². The highest BCUT2D eigenvalue weighted by atomic mass is 16.7. The Labute approximate surface area is 193 Å². The topological polar surface area (TPSA) is 71.6 Å². The van der Waals surface area contributed by atoms with Crippen LogP contribution in [-0.4, -0.2) is 22.9 Å². The minimum atomic E-state index is -1.34. The minimum Gasteiger partial charge on any atom is -0.493 e. The first-order chi connectivity index (χ1) is 16.0. The molecule has 2 N–H and O–H groups in total. The molecule has 0 saturated heterocycles. The van der Waals surface area contributed by atoms with Gasteiger partial charge in [0.25, 0.3) is 0 Å². The maximum absolute atomic E-state index is 11.3. The van der Waals surface area contributed by atoms with Gasteiger partial charge in [-0.2, -0.15) is 0 Å². The van der Waals surface area contributed by atoms with E-state index in [4.69, 9.17) is 9.47 Å². The first-order valence-corrected chi connectivity index (χ1v) is 10.9. The molecular formula is C28H27NO4. The molecule has 4 aromatic rings. The number of hydrogen-bond donors (Lipinski definition) is 2. The second-order valence-electron chi connectivity index (χ2n) is 7.99. The molecule has 0 unspecified atom stereocenters. The van der Waals surface area contributed by atoms with Crippen LogP contribution < -0.4 is 9.47 Å². The van der Waals surface area contributed by atoms with Gasteiger partial charge in [-0.1, -0.05) is 67.3 Å². The van der Waals surface area contributed by atoms with Crippen LogP contribution in [0.2, 0.25) is 0 Å². The summed E-state index contributed by atoms with van der Waals surface area (Å²) in [7, 11) is 0. The van der Waals surface area contributed by atoms with Gasteiger partial charge in [-0.15, -0.1) is 0 Å². The third-order valence-electron chi connectivity index (χ3n) is 5.84. The maximum atomic E-state index is 11.3. The van der Waals surface area contributed by atoms with Gasteiger partial charge in [0, 0.05) is 22.1 Å². The van der Waals surface area contributed by atoms with Crippen molar-refractivity contribution in [2.75, 3.05) is 6.61 Å². The van der Waals surface area contributed by atoms with E-state index in [0.29, 0.717) is 19.4 Å². The van der Waals surface area contributed by atoms with E-state index in [2.05, 4.69) is 30.6 Å². The van der Waals surface area contributed by atoms with E-state index < -0.39 is 6.16 Å². The Kier molecular flexibility index (Phi) is 6.50. The summed E-state index contributed by atoms with van der Waals surface area (Å²) in [4.78, 5) is 14.6. The lowest BCUT2D eigenvalue weighted by Gasteiger charge is -2.11. The fraction of sp³-hybridized carbons (Fsp3) is 0.179. The van der Waals surface area contributed by atoms with Crippen molar-refractivity contribution in [1.82, 2.24) is 4.98 Å². The zero-order valence-corrected chi connectivity index (χ0v) is 18.9. The fourth-order valence-electron chi connectivity index (χ4n) is 4.24. The van der Waals surface area contributed by atoms with Gasteiger partial charge in [0.1, 0.15) is 5.75 Å². The normalized spacial score (nSPS) is 10.8. The Bertz CT molecular complexity index is 1320. The number of nitrogens with one attached hydrogen (secondary N) is 1. The molecule has 0 radical (unpaired) electrons. The van der Waals surface area contributed by atoms with Gasteiger partial charge >= 0.3 is 6.16 Å². The van der Waals surface area contributed by atoms with Crippen LogP contribution in [0.1, 0.15) is 28.7 Å². The average molecular weight is 442 g/mol. The molecule has 0 saturated carbocycles. The largest absolute Gasteiger partial charge is 0.512 e. The average Bonchev–Trinajstić information content (AvgIpc) is 3.13. The predicted octanol–water partition coefficient (Wildman–Crippen LogP) is 7.16. The molecule has 0 spiro atoms. The van der Waals surface area contributed by atoms with Crippen molar-refractivity contribution in [3.05, 3.63) is 89.5 Å². The van der Waals surface area contributed by atoms with Gasteiger partial charge in [-0.25, -0.2) is 4.79 Å². The quantitative estimate of drug-likeness (QED) is 0.225. The number of fused-ring (bicyclic) bond motifs is 1. The van der Waals surface area contributed by atoms with Crippen LogP contribution in [0.5, 0.6) is 11.6 Å². The smallest absolute Gasteiger partial charge is 0.493 e. The molecule has 0 aliphatic heterocycles. The summed E-state index contributed by atoms with van der Waals surface area (Å²) in [5.41, 5.74) is 7.05. The molecule has 0 atom stereocenters. The third-order valence-corrected chi connectivity index (χ3v) is 5.84. The van der Waals surface area contributed by atoms with Gasteiger partial charge in [0.15, 0.2) is 0 Å². The monoisotopic (exact) mass is 441 g/mol. The summed E-state index contributed by atoms with van der Waals surface area (Å²) in [6, 6.07) is 20.1. The molecule has 33 heavy (non-hydrogen) atoms. The van der Waals surface area contributed by atoms with Crippen molar-refractivity contribution in [3.63, 3.8) is 0 Å². The van der Waals surface area contributed by atoms with Gasteiger partial charge in [0.05, 0.1) is 12.1 Å². The lowest BCUT2D eigenvalue weighted by Crippen LogP contribution is -2.06. The summed E-state index contributed by atoms with van der Waals surface area (Å²) in [5.74, 6) is 1.06. The second-order valence-corrected chi connectivity index (χ2v) is 7.99. The summed E-state index contributed by atoms with van der Waals surface area (Å²) in [6.45, 7) is 8.45. The molecule has 0 amide bonds. The number of ether oxygens (including phenoxy) is 2. The standard InChI is InChI=1S/C28H27NO4/c1-4-20-18(2)11-7-16-25(20)32-17-9-15-24-23-14-8-13-22(21-12-6-5-10-19(21)3)26(23)29-27(24)33-28(30)31/h4-8,10-14,16,29H,1,9,15,17H2,2-3H3,(H,30,31). The minimum absolute atomic E-state index is 0.265. The molecule has 1 heterocycles.